The number of aromatic nitrogens is 6. The molecule has 9 heteroatoms. The molecule has 1 unspecified atom stereocenters. The smallest absolute Gasteiger partial charge is 0.272 e. The number of aryl methyl sites for hydroxylation is 1. The average Bonchev–Trinajstić information content (AvgIpc) is 3.28. The van der Waals surface area contributed by atoms with Crippen molar-refractivity contribution in [2.75, 3.05) is 0 Å². The third-order valence-electron chi connectivity index (χ3n) is 3.61. The van der Waals surface area contributed by atoms with Gasteiger partial charge in [0.1, 0.15) is 12.4 Å². The number of hydrogen-bond donors (Lipinski definition) is 1. The van der Waals surface area contributed by atoms with Crippen molar-refractivity contribution in [3.63, 3.8) is 0 Å². The van der Waals surface area contributed by atoms with Gasteiger partial charge in [0.05, 0.1) is 22.4 Å². The van der Waals surface area contributed by atoms with Gasteiger partial charge in [0, 0.05) is 25.1 Å². The number of nitrogens with one attached hydrogen (secondary N) is 1. The highest BCUT2D eigenvalue weighted by molar-refractivity contribution is 9.10. The normalized spacial score (nSPS) is 12.3. The molecule has 3 heterocycles. The average molecular weight is 392 g/mol. The number of amides is 1. The Morgan fingerprint density at radius 1 is 1.33 bits per heavy atom. The van der Waals surface area contributed by atoms with Crippen LogP contribution in [-0.2, 0) is 13.2 Å². The van der Waals surface area contributed by atoms with Crippen molar-refractivity contribution in [2.45, 2.75) is 33.1 Å². The molecule has 0 spiro atoms. The summed E-state index contributed by atoms with van der Waals surface area (Å²) < 4.78 is 6.14. The minimum Gasteiger partial charge on any atom is -0.343 e. The van der Waals surface area contributed by atoms with Crippen LogP contribution in [0.25, 0.3) is 0 Å². The second-order valence-corrected chi connectivity index (χ2v) is 6.26. The first-order valence-corrected chi connectivity index (χ1v) is 8.40. The van der Waals surface area contributed by atoms with Gasteiger partial charge in [0.2, 0.25) is 0 Å². The van der Waals surface area contributed by atoms with Gasteiger partial charge in [-0.15, -0.1) is 0 Å². The van der Waals surface area contributed by atoms with Crippen molar-refractivity contribution in [1.29, 1.82) is 0 Å². The third kappa shape index (κ3) is 3.56. The van der Waals surface area contributed by atoms with E-state index in [1.165, 1.54) is 0 Å². The molecule has 8 nitrogen and oxygen atoms in total. The molecule has 1 atom stereocenters. The summed E-state index contributed by atoms with van der Waals surface area (Å²) in [7, 11) is 0. The molecule has 0 saturated heterocycles. The number of halogens is 1. The van der Waals surface area contributed by atoms with E-state index in [-0.39, 0.29) is 11.9 Å². The Morgan fingerprint density at radius 2 is 2.17 bits per heavy atom. The van der Waals surface area contributed by atoms with Gasteiger partial charge in [-0.25, -0.2) is 4.68 Å². The van der Waals surface area contributed by atoms with Crippen LogP contribution in [-0.4, -0.2) is 35.2 Å². The molecular formula is C15H18BrN7O. The minimum atomic E-state index is -0.216. The lowest BCUT2D eigenvalue weighted by molar-refractivity contribution is 0.0932. The highest BCUT2D eigenvalue weighted by atomic mass is 79.9. The number of nitrogens with zero attached hydrogens (tertiary/aromatic N) is 6. The van der Waals surface area contributed by atoms with E-state index in [1.807, 2.05) is 30.8 Å². The molecule has 0 bridgehead atoms. The highest BCUT2D eigenvalue weighted by Gasteiger charge is 2.16. The molecule has 24 heavy (non-hydrogen) atoms. The van der Waals surface area contributed by atoms with Crippen molar-refractivity contribution in [3.05, 3.63) is 52.8 Å². The minimum absolute atomic E-state index is 0.146. The van der Waals surface area contributed by atoms with Gasteiger partial charge in [0.15, 0.2) is 0 Å². The Balaban J connectivity index is 1.65. The molecule has 0 aliphatic rings. The standard InChI is InChI=1S/C15H18BrN7O/c1-3-23-14(4-6-17-23)11(2)19-15(24)13-5-7-21(20-13)10-22-9-12(16)8-18-22/h4-9,11H,3,10H2,1-2H3,(H,19,24). The van der Waals surface area contributed by atoms with E-state index in [4.69, 9.17) is 0 Å². The van der Waals surface area contributed by atoms with Gasteiger partial charge >= 0.3 is 0 Å². The van der Waals surface area contributed by atoms with Crippen LogP contribution in [0.3, 0.4) is 0 Å². The first-order chi connectivity index (χ1) is 11.6. The van der Waals surface area contributed by atoms with Crippen LogP contribution in [0.1, 0.15) is 36.1 Å². The summed E-state index contributed by atoms with van der Waals surface area (Å²) in [4.78, 5) is 12.4. The van der Waals surface area contributed by atoms with E-state index in [2.05, 4.69) is 36.5 Å². The zero-order valence-corrected chi connectivity index (χ0v) is 15.0. The third-order valence-corrected chi connectivity index (χ3v) is 4.01. The molecule has 0 aliphatic carbocycles. The van der Waals surface area contributed by atoms with E-state index in [0.717, 1.165) is 16.7 Å². The van der Waals surface area contributed by atoms with Crippen LogP contribution >= 0.6 is 15.9 Å². The number of carbonyl (C=O) groups is 1. The van der Waals surface area contributed by atoms with Crippen LogP contribution in [0.5, 0.6) is 0 Å². The topological polar surface area (TPSA) is 82.6 Å². The van der Waals surface area contributed by atoms with Crippen molar-refractivity contribution < 1.29 is 4.79 Å². The molecule has 0 aromatic carbocycles. The van der Waals surface area contributed by atoms with Gasteiger partial charge in [-0.05, 0) is 41.9 Å². The van der Waals surface area contributed by atoms with E-state index >= 15 is 0 Å². The predicted molar refractivity (Wildman–Crippen MR) is 91.3 cm³/mol. The molecule has 0 fully saturated rings. The lowest BCUT2D eigenvalue weighted by Gasteiger charge is -2.14. The van der Waals surface area contributed by atoms with Crippen LogP contribution in [0.15, 0.2) is 41.4 Å². The van der Waals surface area contributed by atoms with E-state index in [1.54, 1.807) is 34.0 Å². The molecule has 3 rings (SSSR count). The van der Waals surface area contributed by atoms with E-state index in [9.17, 15) is 4.79 Å². The summed E-state index contributed by atoms with van der Waals surface area (Å²) in [5, 5.41) is 15.6. The van der Waals surface area contributed by atoms with Gasteiger partial charge in [-0.2, -0.15) is 15.3 Å². The number of carbonyl (C=O) groups excluding carboxylic acids is 1. The molecular weight excluding hydrogens is 374 g/mol. The van der Waals surface area contributed by atoms with Gasteiger partial charge in [-0.3, -0.25) is 14.2 Å². The Hall–Kier alpha value is -2.42. The summed E-state index contributed by atoms with van der Waals surface area (Å²) >= 11 is 3.35. The van der Waals surface area contributed by atoms with Crippen molar-refractivity contribution in [1.82, 2.24) is 34.7 Å². The second-order valence-electron chi connectivity index (χ2n) is 5.35. The summed E-state index contributed by atoms with van der Waals surface area (Å²) in [5.74, 6) is -0.216. The lowest BCUT2D eigenvalue weighted by atomic mass is 10.2. The fourth-order valence-electron chi connectivity index (χ4n) is 2.45. The highest BCUT2D eigenvalue weighted by Crippen LogP contribution is 2.12. The van der Waals surface area contributed by atoms with Crippen LogP contribution in [0.4, 0.5) is 0 Å². The summed E-state index contributed by atoms with van der Waals surface area (Å²) in [6.07, 6.45) is 7.04. The molecule has 0 radical (unpaired) electrons. The van der Waals surface area contributed by atoms with E-state index < -0.39 is 0 Å². The van der Waals surface area contributed by atoms with Crippen LogP contribution < -0.4 is 5.32 Å². The van der Waals surface area contributed by atoms with Gasteiger partial charge in [0.25, 0.3) is 5.91 Å². The largest absolute Gasteiger partial charge is 0.343 e. The molecule has 126 valence electrons. The molecule has 3 aromatic heterocycles. The Labute approximate surface area is 147 Å². The van der Waals surface area contributed by atoms with Crippen molar-refractivity contribution in [3.8, 4) is 0 Å². The summed E-state index contributed by atoms with van der Waals surface area (Å²) in [6, 6.07) is 3.45. The maximum Gasteiger partial charge on any atom is 0.272 e. The Morgan fingerprint density at radius 3 is 2.88 bits per heavy atom. The second kappa shape index (κ2) is 7.00. The fourth-order valence-corrected chi connectivity index (χ4v) is 2.77. The summed E-state index contributed by atoms with van der Waals surface area (Å²) in [6.45, 7) is 5.15. The molecule has 3 aromatic rings. The molecule has 1 amide bonds. The van der Waals surface area contributed by atoms with Gasteiger partial charge < -0.3 is 5.32 Å². The molecule has 0 aliphatic heterocycles. The van der Waals surface area contributed by atoms with Crippen molar-refractivity contribution in [2.24, 2.45) is 0 Å². The SMILES string of the molecule is CCn1nccc1C(C)NC(=O)c1ccn(Cn2cc(Br)cn2)n1. The summed E-state index contributed by atoms with van der Waals surface area (Å²) in [5.41, 5.74) is 1.34. The zero-order valence-electron chi connectivity index (χ0n) is 13.4. The van der Waals surface area contributed by atoms with Crippen LogP contribution in [0.2, 0.25) is 0 Å². The van der Waals surface area contributed by atoms with E-state index in [0.29, 0.717) is 12.4 Å². The monoisotopic (exact) mass is 391 g/mol. The Kier molecular flexibility index (Phi) is 4.79. The first-order valence-electron chi connectivity index (χ1n) is 7.60. The lowest BCUT2D eigenvalue weighted by Crippen LogP contribution is -2.28. The maximum atomic E-state index is 12.4. The van der Waals surface area contributed by atoms with Crippen LogP contribution in [0, 0.1) is 0 Å². The maximum absolute atomic E-state index is 12.4. The predicted octanol–water partition coefficient (Wildman–Crippen LogP) is 2.06. The molecule has 1 N–H and O–H groups in total. The molecule has 0 saturated carbocycles. The quantitative estimate of drug-likeness (QED) is 0.696. The van der Waals surface area contributed by atoms with Gasteiger partial charge in [-0.1, -0.05) is 0 Å². The number of hydrogen-bond acceptors (Lipinski definition) is 4. The Bertz CT molecular complexity index is 834. The fraction of sp³-hybridized carbons (Fsp3) is 0.333. The number of rotatable bonds is 6. The zero-order chi connectivity index (χ0) is 17.1. The van der Waals surface area contributed by atoms with Crippen molar-refractivity contribution >= 4 is 21.8 Å². The first kappa shape index (κ1) is 16.4.